The van der Waals surface area contributed by atoms with Crippen molar-refractivity contribution in [1.82, 2.24) is 5.32 Å². The van der Waals surface area contributed by atoms with Crippen LogP contribution in [0, 0.1) is 0 Å². The highest BCUT2D eigenvalue weighted by Crippen LogP contribution is 2.24. The molecular weight excluding hydrogens is 1050 g/mol. The standard InChI is InChI=1S/C73H145NO10/c1-3-5-7-9-11-13-15-17-19-21-23-25-27-28-29-30-31-32-33-34-35-36-37-39-41-43-45-47-49-51-53-55-57-59-61-66(77)72(82)74-64(63-83-73-71(81)70(80)69(79)67(62-75)84-73)68(78)65(76)60-58-56-54-52-50-48-46-44-42-40-38-26-24-22-20-18-16-14-12-10-8-6-4-2/h64-71,73,75-81H,3-63H2,1-2H3,(H,74,82). The second-order valence-electron chi connectivity index (χ2n) is 26.7. The second-order valence-corrected chi connectivity index (χ2v) is 26.7. The number of amides is 1. The van der Waals surface area contributed by atoms with Gasteiger partial charge in [0.15, 0.2) is 6.29 Å². The number of aliphatic hydroxyl groups excluding tert-OH is 7. The monoisotopic (exact) mass is 1200 g/mol. The third-order valence-corrected chi connectivity index (χ3v) is 18.7. The first-order chi connectivity index (χ1) is 41.2. The Labute approximate surface area is 520 Å². The Morgan fingerprint density at radius 1 is 0.369 bits per heavy atom. The van der Waals surface area contributed by atoms with E-state index in [1.54, 1.807) is 0 Å². The molecule has 0 aromatic carbocycles. The number of carbonyl (C=O) groups is 1. The molecule has 9 atom stereocenters. The van der Waals surface area contributed by atoms with Gasteiger partial charge in [-0.1, -0.05) is 380 Å². The Bertz CT molecular complexity index is 1330. The molecule has 1 heterocycles. The average molecular weight is 1200 g/mol. The fourth-order valence-corrected chi connectivity index (χ4v) is 12.7. The lowest BCUT2D eigenvalue weighted by atomic mass is 9.98. The highest BCUT2D eigenvalue weighted by atomic mass is 16.7. The normalized spacial score (nSPS) is 18.8. The van der Waals surface area contributed by atoms with Gasteiger partial charge in [-0.3, -0.25) is 4.79 Å². The molecule has 1 saturated heterocycles. The summed E-state index contributed by atoms with van der Waals surface area (Å²) < 4.78 is 11.2. The molecule has 84 heavy (non-hydrogen) atoms. The van der Waals surface area contributed by atoms with E-state index in [1.807, 2.05) is 0 Å². The smallest absolute Gasteiger partial charge is 0.249 e. The van der Waals surface area contributed by atoms with Crippen LogP contribution in [0.15, 0.2) is 0 Å². The Hall–Kier alpha value is -0.890. The van der Waals surface area contributed by atoms with Crippen molar-refractivity contribution in [3.8, 4) is 0 Å². The lowest BCUT2D eigenvalue weighted by Crippen LogP contribution is -2.60. The van der Waals surface area contributed by atoms with E-state index in [2.05, 4.69) is 19.2 Å². The third-order valence-electron chi connectivity index (χ3n) is 18.7. The van der Waals surface area contributed by atoms with Crippen molar-refractivity contribution in [1.29, 1.82) is 0 Å². The molecule has 1 rings (SSSR count). The molecule has 0 bridgehead atoms. The summed E-state index contributed by atoms with van der Waals surface area (Å²) in [5.41, 5.74) is 0. The van der Waals surface area contributed by atoms with Crippen molar-refractivity contribution < 1.29 is 50.0 Å². The molecule has 1 aliphatic rings. The highest BCUT2D eigenvalue weighted by Gasteiger charge is 2.44. The maximum absolute atomic E-state index is 13.3. The molecule has 11 nitrogen and oxygen atoms in total. The van der Waals surface area contributed by atoms with E-state index in [1.165, 1.54) is 315 Å². The molecule has 0 spiro atoms. The number of hydrogen-bond acceptors (Lipinski definition) is 10. The van der Waals surface area contributed by atoms with Crippen molar-refractivity contribution in [3.05, 3.63) is 0 Å². The molecule has 1 aliphatic heterocycles. The van der Waals surface area contributed by atoms with Crippen molar-refractivity contribution in [2.75, 3.05) is 13.2 Å². The molecular formula is C73H145NO10. The predicted molar refractivity (Wildman–Crippen MR) is 353 cm³/mol. The van der Waals surface area contributed by atoms with Crippen molar-refractivity contribution in [2.45, 2.75) is 448 Å². The Kier molecular flexibility index (Phi) is 60.2. The Balaban J connectivity index is 2.13. The summed E-state index contributed by atoms with van der Waals surface area (Å²) in [4.78, 5) is 13.3. The molecule has 0 aliphatic carbocycles. The highest BCUT2D eigenvalue weighted by molar-refractivity contribution is 5.80. The molecule has 11 heteroatoms. The van der Waals surface area contributed by atoms with Crippen LogP contribution in [0.1, 0.15) is 393 Å². The largest absolute Gasteiger partial charge is 0.394 e. The van der Waals surface area contributed by atoms with Gasteiger partial charge in [0, 0.05) is 0 Å². The third kappa shape index (κ3) is 49.0. The first-order valence-electron chi connectivity index (χ1n) is 37.4. The van der Waals surface area contributed by atoms with E-state index >= 15 is 0 Å². The topological polar surface area (TPSA) is 189 Å². The maximum atomic E-state index is 13.3. The molecule has 9 unspecified atom stereocenters. The Morgan fingerprint density at radius 2 is 0.619 bits per heavy atom. The van der Waals surface area contributed by atoms with E-state index in [0.29, 0.717) is 19.3 Å². The summed E-state index contributed by atoms with van der Waals surface area (Å²) in [6.45, 7) is 3.53. The van der Waals surface area contributed by atoms with Crippen molar-refractivity contribution in [3.63, 3.8) is 0 Å². The zero-order chi connectivity index (χ0) is 61.0. The minimum Gasteiger partial charge on any atom is -0.394 e. The average Bonchev–Trinajstić information content (AvgIpc) is 3.66. The number of carbonyl (C=O) groups excluding carboxylic acids is 1. The number of rotatable bonds is 67. The van der Waals surface area contributed by atoms with Crippen LogP contribution in [0.4, 0.5) is 0 Å². The van der Waals surface area contributed by atoms with E-state index in [4.69, 9.17) is 9.47 Å². The summed E-state index contributed by atoms with van der Waals surface area (Å²) in [5.74, 6) is -0.686. The van der Waals surface area contributed by atoms with Crippen LogP contribution in [0.3, 0.4) is 0 Å². The first-order valence-corrected chi connectivity index (χ1v) is 37.4. The van der Waals surface area contributed by atoms with Gasteiger partial charge in [-0.2, -0.15) is 0 Å². The van der Waals surface area contributed by atoms with Gasteiger partial charge in [-0.15, -0.1) is 0 Å². The fourth-order valence-electron chi connectivity index (χ4n) is 12.7. The number of ether oxygens (including phenoxy) is 2. The molecule has 1 fully saturated rings. The van der Waals surface area contributed by atoms with Crippen molar-refractivity contribution >= 4 is 5.91 Å². The summed E-state index contributed by atoms with van der Waals surface area (Å²) in [6, 6.07) is -1.16. The fraction of sp³-hybridized carbons (Fsp3) is 0.986. The maximum Gasteiger partial charge on any atom is 0.249 e. The van der Waals surface area contributed by atoms with Gasteiger partial charge >= 0.3 is 0 Å². The molecule has 0 aromatic heterocycles. The first kappa shape index (κ1) is 81.1. The quantitative estimate of drug-likeness (QED) is 0.0272. The van der Waals surface area contributed by atoms with Gasteiger partial charge in [0.2, 0.25) is 5.91 Å². The van der Waals surface area contributed by atoms with E-state index in [0.717, 1.165) is 38.5 Å². The number of unbranched alkanes of at least 4 members (excludes halogenated alkanes) is 55. The summed E-state index contributed by atoms with van der Waals surface area (Å²) >= 11 is 0. The van der Waals surface area contributed by atoms with Crippen LogP contribution >= 0.6 is 0 Å². The molecule has 0 aromatic rings. The zero-order valence-electron chi connectivity index (χ0n) is 55.7. The van der Waals surface area contributed by atoms with Gasteiger partial charge < -0.3 is 50.5 Å². The summed E-state index contributed by atoms with van der Waals surface area (Å²) in [5, 5.41) is 76.6. The van der Waals surface area contributed by atoms with E-state index in [-0.39, 0.29) is 6.42 Å². The van der Waals surface area contributed by atoms with Crippen LogP contribution in [0.5, 0.6) is 0 Å². The van der Waals surface area contributed by atoms with Crippen LogP contribution in [0.25, 0.3) is 0 Å². The lowest BCUT2D eigenvalue weighted by molar-refractivity contribution is -0.303. The predicted octanol–water partition coefficient (Wildman–Crippen LogP) is 18.4. The van der Waals surface area contributed by atoms with E-state index in [9.17, 15) is 40.5 Å². The van der Waals surface area contributed by atoms with Gasteiger partial charge in [0.25, 0.3) is 0 Å². The van der Waals surface area contributed by atoms with Gasteiger partial charge in [-0.25, -0.2) is 0 Å². The summed E-state index contributed by atoms with van der Waals surface area (Å²) in [6.07, 6.45) is 64.9. The van der Waals surface area contributed by atoms with Crippen molar-refractivity contribution in [2.24, 2.45) is 0 Å². The van der Waals surface area contributed by atoms with Gasteiger partial charge in [0.05, 0.1) is 25.4 Å². The number of hydrogen-bond donors (Lipinski definition) is 8. The molecule has 502 valence electrons. The summed E-state index contributed by atoms with van der Waals surface area (Å²) in [7, 11) is 0. The second kappa shape index (κ2) is 62.3. The Morgan fingerprint density at radius 3 is 0.881 bits per heavy atom. The van der Waals surface area contributed by atoms with E-state index < -0.39 is 74.2 Å². The van der Waals surface area contributed by atoms with Crippen LogP contribution in [0.2, 0.25) is 0 Å². The number of nitrogens with one attached hydrogen (secondary N) is 1. The molecule has 0 radical (unpaired) electrons. The SMILES string of the molecule is CCCCCCCCCCCCCCCCCCCCCCCCCCCCCCCCCCCCC(O)C(=O)NC(COC1OC(CO)C(O)C(O)C1O)C(O)C(O)CCCCCCCCCCCCCCCCCCCCCCCCC. The minimum absolute atomic E-state index is 0.268. The molecule has 1 amide bonds. The zero-order valence-corrected chi connectivity index (χ0v) is 55.7. The molecule has 8 N–H and O–H groups in total. The van der Waals surface area contributed by atoms with Gasteiger partial charge in [0.1, 0.15) is 36.6 Å². The minimum atomic E-state index is -1.66. The molecule has 0 saturated carbocycles. The van der Waals surface area contributed by atoms with Crippen LogP contribution < -0.4 is 5.32 Å². The van der Waals surface area contributed by atoms with Crippen LogP contribution in [-0.2, 0) is 14.3 Å². The number of aliphatic hydroxyl groups is 7. The lowest BCUT2D eigenvalue weighted by Gasteiger charge is -2.40. The van der Waals surface area contributed by atoms with Crippen LogP contribution in [-0.4, -0.2) is 110 Å². The van der Waals surface area contributed by atoms with Gasteiger partial charge in [-0.05, 0) is 12.8 Å².